The first-order chi connectivity index (χ1) is 10.8. The summed E-state index contributed by atoms with van der Waals surface area (Å²) in [5, 5.41) is 5.72. The van der Waals surface area contributed by atoms with Gasteiger partial charge in [0.15, 0.2) is 0 Å². The lowest BCUT2D eigenvalue weighted by molar-refractivity contribution is -0.123. The highest BCUT2D eigenvalue weighted by Gasteiger charge is 2.24. The minimum atomic E-state index is -0.563. The van der Waals surface area contributed by atoms with Crippen LogP contribution in [0, 0.1) is 5.92 Å². The van der Waals surface area contributed by atoms with E-state index in [0.29, 0.717) is 18.9 Å². The van der Waals surface area contributed by atoms with Crippen LogP contribution in [0.15, 0.2) is 0 Å². The molecule has 0 heterocycles. The molecule has 1 rings (SSSR count). The molecule has 23 heavy (non-hydrogen) atoms. The molecule has 5 nitrogen and oxygen atoms in total. The lowest BCUT2D eigenvalue weighted by Gasteiger charge is -2.25. The highest BCUT2D eigenvalue weighted by atomic mass is 32.2. The number of alkyl carbamates (subject to hydrolysis) is 1. The maximum atomic E-state index is 12.4. The number of ether oxygens (including phenoxy) is 1. The molecule has 1 atom stereocenters. The molecule has 0 saturated heterocycles. The average Bonchev–Trinajstić information content (AvgIpc) is 2.48. The number of carbonyl (C=O) groups is 2. The highest BCUT2D eigenvalue weighted by Crippen LogP contribution is 2.22. The van der Waals surface area contributed by atoms with Gasteiger partial charge in [-0.25, -0.2) is 4.79 Å². The zero-order valence-corrected chi connectivity index (χ0v) is 15.8. The Kier molecular flexibility index (Phi) is 8.81. The summed E-state index contributed by atoms with van der Waals surface area (Å²) in [6.07, 6.45) is 8.27. The van der Waals surface area contributed by atoms with Gasteiger partial charge in [-0.05, 0) is 58.0 Å². The number of nitrogens with one attached hydrogen (secondary N) is 2. The second-order valence-corrected chi connectivity index (χ2v) is 8.22. The predicted molar refractivity (Wildman–Crippen MR) is 95.7 cm³/mol. The summed E-state index contributed by atoms with van der Waals surface area (Å²) in [5.41, 5.74) is -0.563. The Bertz CT molecular complexity index is 377. The van der Waals surface area contributed by atoms with Crippen LogP contribution in [-0.4, -0.2) is 42.2 Å². The molecular weight excluding hydrogens is 312 g/mol. The molecule has 0 aromatic heterocycles. The Balaban J connectivity index is 2.47. The maximum absolute atomic E-state index is 12.4. The number of carbonyl (C=O) groups excluding carboxylic acids is 2. The summed E-state index contributed by atoms with van der Waals surface area (Å²) in [6.45, 7) is 6.15. The lowest BCUT2D eigenvalue weighted by Crippen LogP contribution is -2.49. The van der Waals surface area contributed by atoms with Crippen LogP contribution in [0.25, 0.3) is 0 Å². The van der Waals surface area contributed by atoms with Crippen LogP contribution in [0.1, 0.15) is 59.3 Å². The van der Waals surface area contributed by atoms with E-state index in [4.69, 9.17) is 4.74 Å². The van der Waals surface area contributed by atoms with E-state index in [-0.39, 0.29) is 5.91 Å². The van der Waals surface area contributed by atoms with Crippen molar-refractivity contribution in [3.63, 3.8) is 0 Å². The molecule has 1 aliphatic rings. The standard InChI is InChI=1S/C17H32N2O3S/c1-17(2,3)22-16(21)19-14(10-11-23-4)15(20)18-12-13-8-6-5-7-9-13/h13-14H,5-12H2,1-4H3,(H,18,20)(H,19,21). The van der Waals surface area contributed by atoms with Gasteiger partial charge < -0.3 is 15.4 Å². The first kappa shape index (κ1) is 20.1. The van der Waals surface area contributed by atoms with Gasteiger partial charge in [0.2, 0.25) is 5.91 Å². The fraction of sp³-hybridized carbons (Fsp3) is 0.882. The zero-order valence-electron chi connectivity index (χ0n) is 14.9. The molecule has 0 radical (unpaired) electrons. The second kappa shape index (κ2) is 10.1. The smallest absolute Gasteiger partial charge is 0.408 e. The van der Waals surface area contributed by atoms with E-state index in [1.807, 2.05) is 27.0 Å². The van der Waals surface area contributed by atoms with E-state index in [2.05, 4.69) is 10.6 Å². The fourth-order valence-corrected chi connectivity index (χ4v) is 3.19. The van der Waals surface area contributed by atoms with Gasteiger partial charge in [0.05, 0.1) is 0 Å². The monoisotopic (exact) mass is 344 g/mol. The highest BCUT2D eigenvalue weighted by molar-refractivity contribution is 7.98. The Morgan fingerprint density at radius 1 is 1.22 bits per heavy atom. The zero-order chi connectivity index (χ0) is 17.3. The van der Waals surface area contributed by atoms with E-state index < -0.39 is 17.7 Å². The minimum absolute atomic E-state index is 0.101. The van der Waals surface area contributed by atoms with Gasteiger partial charge in [-0.15, -0.1) is 0 Å². The first-order valence-electron chi connectivity index (χ1n) is 8.58. The normalized spacial score (nSPS) is 17.4. The summed E-state index contributed by atoms with van der Waals surface area (Å²) in [6, 6.07) is -0.527. The summed E-state index contributed by atoms with van der Waals surface area (Å²) >= 11 is 1.66. The molecule has 0 aromatic carbocycles. The van der Waals surface area contributed by atoms with Gasteiger partial charge in [-0.1, -0.05) is 19.3 Å². The molecule has 1 aliphatic carbocycles. The third-order valence-electron chi connectivity index (χ3n) is 3.91. The van der Waals surface area contributed by atoms with Crippen LogP contribution >= 0.6 is 11.8 Å². The number of amides is 2. The lowest BCUT2D eigenvalue weighted by atomic mass is 9.89. The van der Waals surface area contributed by atoms with E-state index in [9.17, 15) is 9.59 Å². The molecule has 1 saturated carbocycles. The van der Waals surface area contributed by atoms with Crippen LogP contribution in [0.3, 0.4) is 0 Å². The van der Waals surface area contributed by atoms with Crippen molar-refractivity contribution in [2.45, 2.75) is 70.9 Å². The van der Waals surface area contributed by atoms with Crippen molar-refractivity contribution in [1.29, 1.82) is 0 Å². The molecule has 6 heteroatoms. The van der Waals surface area contributed by atoms with E-state index in [1.165, 1.54) is 32.1 Å². The van der Waals surface area contributed by atoms with Gasteiger partial charge in [0.25, 0.3) is 0 Å². The van der Waals surface area contributed by atoms with Crippen molar-refractivity contribution >= 4 is 23.8 Å². The van der Waals surface area contributed by atoms with Gasteiger partial charge >= 0.3 is 6.09 Å². The van der Waals surface area contributed by atoms with E-state index in [1.54, 1.807) is 11.8 Å². The molecule has 0 aliphatic heterocycles. The SMILES string of the molecule is CSCCC(NC(=O)OC(C)(C)C)C(=O)NCC1CCCCC1. The fourth-order valence-electron chi connectivity index (χ4n) is 2.71. The predicted octanol–water partition coefficient (Wildman–Crippen LogP) is 3.33. The van der Waals surface area contributed by atoms with Crippen molar-refractivity contribution < 1.29 is 14.3 Å². The second-order valence-electron chi connectivity index (χ2n) is 7.23. The molecule has 0 spiro atoms. The maximum Gasteiger partial charge on any atom is 0.408 e. The van der Waals surface area contributed by atoms with Crippen molar-refractivity contribution in [3.05, 3.63) is 0 Å². The van der Waals surface area contributed by atoms with Crippen LogP contribution in [0.5, 0.6) is 0 Å². The van der Waals surface area contributed by atoms with Crippen LogP contribution < -0.4 is 10.6 Å². The van der Waals surface area contributed by atoms with Crippen LogP contribution in [0.2, 0.25) is 0 Å². The first-order valence-corrected chi connectivity index (χ1v) is 9.97. The van der Waals surface area contributed by atoms with Crippen molar-refractivity contribution in [2.24, 2.45) is 5.92 Å². The van der Waals surface area contributed by atoms with Gasteiger partial charge in [-0.2, -0.15) is 11.8 Å². The van der Waals surface area contributed by atoms with Crippen molar-refractivity contribution in [2.75, 3.05) is 18.6 Å². The summed E-state index contributed by atoms with van der Waals surface area (Å²) in [4.78, 5) is 24.3. The van der Waals surface area contributed by atoms with Crippen LogP contribution in [0.4, 0.5) is 4.79 Å². The Labute approximate surface area is 144 Å². The molecule has 1 unspecified atom stereocenters. The molecule has 0 aromatic rings. The van der Waals surface area contributed by atoms with Gasteiger partial charge in [0, 0.05) is 6.54 Å². The Morgan fingerprint density at radius 2 is 1.87 bits per heavy atom. The summed E-state index contributed by atoms with van der Waals surface area (Å²) in [5.74, 6) is 1.29. The molecule has 2 N–H and O–H groups in total. The molecule has 0 bridgehead atoms. The number of hydrogen-bond donors (Lipinski definition) is 2. The number of rotatable bonds is 7. The number of thioether (sulfide) groups is 1. The molecule has 2 amide bonds. The summed E-state index contributed by atoms with van der Waals surface area (Å²) < 4.78 is 5.26. The van der Waals surface area contributed by atoms with E-state index >= 15 is 0 Å². The Hall–Kier alpha value is -0.910. The largest absolute Gasteiger partial charge is 0.444 e. The third-order valence-corrected chi connectivity index (χ3v) is 4.55. The Morgan fingerprint density at radius 3 is 2.43 bits per heavy atom. The average molecular weight is 345 g/mol. The van der Waals surface area contributed by atoms with Crippen molar-refractivity contribution in [3.8, 4) is 0 Å². The minimum Gasteiger partial charge on any atom is -0.444 e. The quantitative estimate of drug-likeness (QED) is 0.743. The topological polar surface area (TPSA) is 67.4 Å². The number of hydrogen-bond acceptors (Lipinski definition) is 4. The van der Waals surface area contributed by atoms with Gasteiger partial charge in [-0.3, -0.25) is 4.79 Å². The molecule has 134 valence electrons. The molecule has 1 fully saturated rings. The van der Waals surface area contributed by atoms with E-state index in [0.717, 1.165) is 5.75 Å². The summed E-state index contributed by atoms with van der Waals surface area (Å²) in [7, 11) is 0. The van der Waals surface area contributed by atoms with Gasteiger partial charge in [0.1, 0.15) is 11.6 Å². The molecular formula is C17H32N2O3S. The van der Waals surface area contributed by atoms with Crippen LogP contribution in [-0.2, 0) is 9.53 Å². The van der Waals surface area contributed by atoms with Crippen molar-refractivity contribution in [1.82, 2.24) is 10.6 Å². The third kappa shape index (κ3) is 9.08.